The molecule has 31 heavy (non-hydrogen) atoms. The Hall–Kier alpha value is -2.94. The van der Waals surface area contributed by atoms with Gasteiger partial charge in [0.2, 0.25) is 5.91 Å². The third-order valence-electron chi connectivity index (χ3n) is 5.02. The summed E-state index contributed by atoms with van der Waals surface area (Å²) in [6.07, 6.45) is 3.33. The highest BCUT2D eigenvalue weighted by molar-refractivity contribution is 9.10. The summed E-state index contributed by atoms with van der Waals surface area (Å²) < 4.78 is 21.9. The average Bonchev–Trinajstić information content (AvgIpc) is 3.27. The Morgan fingerprint density at radius 1 is 1.03 bits per heavy atom. The average molecular weight is 492 g/mol. The number of methoxy groups -OCH3 is 4. The number of hydrazone groups is 1. The van der Waals surface area contributed by atoms with Gasteiger partial charge in [0.1, 0.15) is 6.04 Å². The van der Waals surface area contributed by atoms with E-state index in [1.807, 2.05) is 18.2 Å². The zero-order chi connectivity index (χ0) is 22.4. The summed E-state index contributed by atoms with van der Waals surface area (Å²) in [5.74, 6) is 2.26. The van der Waals surface area contributed by atoms with Crippen LogP contribution in [0.1, 0.15) is 18.4 Å². The third kappa shape index (κ3) is 5.22. The number of rotatable bonds is 8. The number of ether oxygens (including phenoxy) is 4. The van der Waals surface area contributed by atoms with Crippen molar-refractivity contribution in [1.82, 2.24) is 5.01 Å². The van der Waals surface area contributed by atoms with Crippen LogP contribution in [0, 0.1) is 0 Å². The molecule has 1 saturated heterocycles. The second-order valence-corrected chi connectivity index (χ2v) is 7.71. The Labute approximate surface area is 190 Å². The molecule has 2 aromatic rings. The largest absolute Gasteiger partial charge is 0.493 e. The van der Waals surface area contributed by atoms with Gasteiger partial charge in [0.15, 0.2) is 23.0 Å². The van der Waals surface area contributed by atoms with Gasteiger partial charge in [0, 0.05) is 23.2 Å². The quantitative estimate of drug-likeness (QED) is 0.563. The minimum atomic E-state index is -0.364. The van der Waals surface area contributed by atoms with E-state index in [0.29, 0.717) is 39.7 Å². The first kappa shape index (κ1) is 22.7. The highest BCUT2D eigenvalue weighted by atomic mass is 79.9. The van der Waals surface area contributed by atoms with E-state index in [0.717, 1.165) is 18.4 Å². The molecule has 1 heterocycles. The van der Waals surface area contributed by atoms with E-state index in [1.54, 1.807) is 51.8 Å². The number of hydrogen-bond donors (Lipinski definition) is 1. The van der Waals surface area contributed by atoms with Crippen LogP contribution in [0.4, 0.5) is 5.69 Å². The lowest BCUT2D eigenvalue weighted by atomic mass is 10.2. The van der Waals surface area contributed by atoms with Crippen molar-refractivity contribution in [3.05, 3.63) is 40.4 Å². The predicted molar refractivity (Wildman–Crippen MR) is 123 cm³/mol. The normalized spacial score (nSPS) is 15.8. The lowest BCUT2D eigenvalue weighted by molar-refractivity contribution is -0.120. The summed E-state index contributed by atoms with van der Waals surface area (Å²) in [5, 5.41) is 9.32. The molecule has 0 aliphatic carbocycles. The fraction of sp³-hybridized carbons (Fsp3) is 0.364. The lowest BCUT2D eigenvalue weighted by Gasteiger charge is -2.21. The van der Waals surface area contributed by atoms with Gasteiger partial charge < -0.3 is 24.3 Å². The summed E-state index contributed by atoms with van der Waals surface area (Å²) >= 11 is 3.47. The summed E-state index contributed by atoms with van der Waals surface area (Å²) in [5.41, 5.74) is 1.46. The molecular formula is C22H26BrN3O5. The van der Waals surface area contributed by atoms with E-state index < -0.39 is 0 Å². The first-order valence-corrected chi connectivity index (χ1v) is 10.5. The molecule has 166 valence electrons. The molecule has 2 aromatic carbocycles. The Bertz CT molecular complexity index is 966. The number of nitrogens with zero attached hydrogens (tertiary/aromatic N) is 2. The Kier molecular flexibility index (Phi) is 7.62. The minimum absolute atomic E-state index is 0.130. The molecule has 9 heteroatoms. The maximum atomic E-state index is 13.0. The summed E-state index contributed by atoms with van der Waals surface area (Å²) in [6, 6.07) is 8.67. The van der Waals surface area contributed by atoms with E-state index in [-0.39, 0.29) is 11.9 Å². The van der Waals surface area contributed by atoms with Gasteiger partial charge in [-0.25, -0.2) is 0 Å². The van der Waals surface area contributed by atoms with Crippen molar-refractivity contribution in [2.24, 2.45) is 5.10 Å². The number of anilines is 1. The van der Waals surface area contributed by atoms with Crippen LogP contribution in [0.25, 0.3) is 0 Å². The molecule has 8 nitrogen and oxygen atoms in total. The maximum absolute atomic E-state index is 13.0. The predicted octanol–water partition coefficient (Wildman–Crippen LogP) is 3.92. The van der Waals surface area contributed by atoms with E-state index in [1.165, 1.54) is 0 Å². The van der Waals surface area contributed by atoms with Crippen molar-refractivity contribution in [2.45, 2.75) is 18.9 Å². The zero-order valence-electron chi connectivity index (χ0n) is 18.0. The second-order valence-electron chi connectivity index (χ2n) is 6.86. The molecular weight excluding hydrogens is 466 g/mol. The molecule has 1 aliphatic heterocycles. The van der Waals surface area contributed by atoms with Crippen LogP contribution in [0.15, 0.2) is 39.9 Å². The van der Waals surface area contributed by atoms with Crippen LogP contribution in [-0.4, -0.2) is 58.2 Å². The standard InChI is InChI=1S/C22H26BrN3O5/c1-28-18-8-7-14(10-19(18)29-2)13-24-26-9-5-6-17(26)22(27)25-16-12-21(31-4)20(30-3)11-15(16)23/h7-8,10-13,17H,5-6,9H2,1-4H3,(H,25,27)/b24-13+. The zero-order valence-corrected chi connectivity index (χ0v) is 19.6. The van der Waals surface area contributed by atoms with Crippen molar-refractivity contribution in [3.63, 3.8) is 0 Å². The van der Waals surface area contributed by atoms with Gasteiger partial charge in [-0.3, -0.25) is 9.80 Å². The molecule has 1 aliphatic rings. The van der Waals surface area contributed by atoms with Crippen molar-refractivity contribution in [2.75, 3.05) is 40.3 Å². The van der Waals surface area contributed by atoms with Crippen LogP contribution < -0.4 is 24.3 Å². The highest BCUT2D eigenvalue weighted by Crippen LogP contribution is 2.36. The topological polar surface area (TPSA) is 81.6 Å². The minimum Gasteiger partial charge on any atom is -0.493 e. The van der Waals surface area contributed by atoms with Gasteiger partial charge >= 0.3 is 0 Å². The van der Waals surface area contributed by atoms with Crippen LogP contribution in [0.5, 0.6) is 23.0 Å². The maximum Gasteiger partial charge on any atom is 0.248 e. The summed E-state index contributed by atoms with van der Waals surface area (Å²) in [6.45, 7) is 0.703. The van der Waals surface area contributed by atoms with Crippen molar-refractivity contribution >= 4 is 33.7 Å². The molecule has 0 spiro atoms. The molecule has 1 N–H and O–H groups in total. The van der Waals surface area contributed by atoms with Gasteiger partial charge in [-0.1, -0.05) is 0 Å². The van der Waals surface area contributed by atoms with Crippen LogP contribution >= 0.6 is 15.9 Å². The fourth-order valence-electron chi connectivity index (χ4n) is 3.40. The van der Waals surface area contributed by atoms with Gasteiger partial charge in [-0.15, -0.1) is 0 Å². The molecule has 0 saturated carbocycles. The molecule has 1 fully saturated rings. The molecule has 0 radical (unpaired) electrons. The van der Waals surface area contributed by atoms with Crippen LogP contribution in [0.2, 0.25) is 0 Å². The number of hydrogen-bond acceptors (Lipinski definition) is 7. The Morgan fingerprint density at radius 3 is 2.35 bits per heavy atom. The molecule has 3 rings (SSSR count). The monoisotopic (exact) mass is 491 g/mol. The Morgan fingerprint density at radius 2 is 1.68 bits per heavy atom. The molecule has 1 unspecified atom stereocenters. The first-order chi connectivity index (χ1) is 15.0. The second kappa shape index (κ2) is 10.4. The molecule has 1 amide bonds. The first-order valence-electron chi connectivity index (χ1n) is 9.75. The molecule has 0 bridgehead atoms. The highest BCUT2D eigenvalue weighted by Gasteiger charge is 2.30. The van der Waals surface area contributed by atoms with Gasteiger partial charge in [-0.05, 0) is 52.5 Å². The van der Waals surface area contributed by atoms with E-state index in [4.69, 9.17) is 18.9 Å². The van der Waals surface area contributed by atoms with Crippen molar-refractivity contribution in [3.8, 4) is 23.0 Å². The number of carbonyl (C=O) groups is 1. The van der Waals surface area contributed by atoms with E-state index >= 15 is 0 Å². The van der Waals surface area contributed by atoms with Crippen LogP contribution in [0.3, 0.4) is 0 Å². The fourth-order valence-corrected chi connectivity index (χ4v) is 3.82. The molecule has 1 atom stereocenters. The number of benzene rings is 2. The third-order valence-corrected chi connectivity index (χ3v) is 5.68. The van der Waals surface area contributed by atoms with E-state index in [9.17, 15) is 4.79 Å². The smallest absolute Gasteiger partial charge is 0.248 e. The van der Waals surface area contributed by atoms with Crippen molar-refractivity contribution in [1.29, 1.82) is 0 Å². The molecule has 0 aromatic heterocycles. The van der Waals surface area contributed by atoms with Crippen LogP contribution in [-0.2, 0) is 4.79 Å². The van der Waals surface area contributed by atoms with Gasteiger partial charge in [0.05, 0.1) is 40.3 Å². The van der Waals surface area contributed by atoms with Gasteiger partial charge in [-0.2, -0.15) is 5.10 Å². The lowest BCUT2D eigenvalue weighted by Crippen LogP contribution is -2.36. The summed E-state index contributed by atoms with van der Waals surface area (Å²) in [4.78, 5) is 13.0. The Balaban J connectivity index is 1.73. The number of halogens is 1. The SMILES string of the molecule is COc1ccc(/C=N/N2CCCC2C(=O)Nc2cc(OC)c(OC)cc2Br)cc1OC. The number of carbonyl (C=O) groups excluding carboxylic acids is 1. The van der Waals surface area contributed by atoms with Gasteiger partial charge in [0.25, 0.3) is 0 Å². The van der Waals surface area contributed by atoms with E-state index in [2.05, 4.69) is 26.3 Å². The number of amides is 1. The summed E-state index contributed by atoms with van der Waals surface area (Å²) in [7, 11) is 6.30. The van der Waals surface area contributed by atoms with Crippen molar-refractivity contribution < 1.29 is 23.7 Å². The number of nitrogens with one attached hydrogen (secondary N) is 1.